The quantitative estimate of drug-likeness (QED) is 0.192. The number of hydrogen-bond donors (Lipinski definition) is 0. The average molecular weight is 619 g/mol. The van der Waals surface area contributed by atoms with E-state index in [2.05, 4.69) is 16.7 Å². The van der Waals surface area contributed by atoms with Gasteiger partial charge in [-0.3, -0.25) is 0 Å². The van der Waals surface area contributed by atoms with E-state index in [1.54, 1.807) is 24.3 Å². The van der Waals surface area contributed by atoms with Crippen molar-refractivity contribution >= 4 is 21.8 Å². The normalized spacial score (nSPS) is 11.0. The minimum Gasteiger partial charge on any atom is -0.309 e. The van der Waals surface area contributed by atoms with Crippen LogP contribution in [0.3, 0.4) is 0 Å². The first-order valence-corrected chi connectivity index (χ1v) is 15.3. The van der Waals surface area contributed by atoms with Crippen LogP contribution >= 0.6 is 0 Å². The summed E-state index contributed by atoms with van der Waals surface area (Å²) in [5.74, 6) is 1.27. The summed E-state index contributed by atoms with van der Waals surface area (Å²) in [7, 11) is 0. The molecule has 224 valence electrons. The zero-order valence-corrected chi connectivity index (χ0v) is 25.3. The molecule has 0 aliphatic rings. The third kappa shape index (κ3) is 5.02. The Bertz CT molecular complexity index is 2450. The van der Waals surface area contributed by atoms with Gasteiger partial charge in [0.05, 0.1) is 40.0 Å². The summed E-state index contributed by atoms with van der Waals surface area (Å²) in [6.07, 6.45) is 0. The van der Waals surface area contributed by atoms with Crippen molar-refractivity contribution in [3.8, 4) is 63.1 Å². The summed E-state index contributed by atoms with van der Waals surface area (Å²) in [5.41, 5.74) is 7.70. The number of nitrogens with zero attached hydrogens (tertiary/aromatic N) is 6. The number of nitriles is 2. The van der Waals surface area contributed by atoms with Gasteiger partial charge in [-0.2, -0.15) is 10.5 Å². The van der Waals surface area contributed by atoms with Crippen LogP contribution in [-0.4, -0.2) is 19.5 Å². The van der Waals surface area contributed by atoms with E-state index in [0.29, 0.717) is 28.6 Å². The molecule has 0 saturated heterocycles. The number of aromatic nitrogens is 4. The second kappa shape index (κ2) is 11.8. The highest BCUT2D eigenvalue weighted by atomic mass is 19.1. The van der Waals surface area contributed by atoms with Gasteiger partial charge in [0.15, 0.2) is 17.5 Å². The molecule has 2 heterocycles. The monoisotopic (exact) mass is 618 g/mol. The lowest BCUT2D eigenvalue weighted by Gasteiger charge is -2.16. The number of fused-ring (bicyclic) bond motifs is 3. The van der Waals surface area contributed by atoms with Crippen LogP contribution in [0.1, 0.15) is 11.1 Å². The van der Waals surface area contributed by atoms with Crippen molar-refractivity contribution in [3.05, 3.63) is 156 Å². The Labute approximate surface area is 275 Å². The molecule has 0 bridgehead atoms. The van der Waals surface area contributed by atoms with Gasteiger partial charge in [0.25, 0.3) is 0 Å². The minimum absolute atomic E-state index is 0.325. The van der Waals surface area contributed by atoms with Crippen molar-refractivity contribution in [3.63, 3.8) is 0 Å². The van der Waals surface area contributed by atoms with E-state index in [1.165, 1.54) is 12.1 Å². The standard InChI is InChI=1S/C41H23FN6/c42-32-16-13-28(14-17-32)33-18-15-31(41-46-39(29-7-3-1-4-8-29)45-40(47-41)30-9-5-2-6-10-30)23-38(33)48-36-19-11-26(24-43)21-34(36)35-22-27(25-44)12-20-37(35)48/h1-23H. The predicted octanol–water partition coefficient (Wildman–Crippen LogP) is 9.52. The Morgan fingerprint density at radius 2 is 0.958 bits per heavy atom. The van der Waals surface area contributed by atoms with Crippen LogP contribution in [0.15, 0.2) is 140 Å². The average Bonchev–Trinajstić information content (AvgIpc) is 3.48. The van der Waals surface area contributed by atoms with E-state index < -0.39 is 0 Å². The van der Waals surface area contributed by atoms with Gasteiger partial charge >= 0.3 is 0 Å². The molecule has 8 rings (SSSR count). The van der Waals surface area contributed by atoms with Crippen LogP contribution in [0.25, 0.3) is 72.8 Å². The van der Waals surface area contributed by atoms with Gasteiger partial charge in [-0.15, -0.1) is 0 Å². The molecule has 0 saturated carbocycles. The molecule has 6 nitrogen and oxygen atoms in total. The van der Waals surface area contributed by atoms with Crippen LogP contribution in [0.2, 0.25) is 0 Å². The van der Waals surface area contributed by atoms with E-state index in [1.807, 2.05) is 103 Å². The molecule has 2 aromatic heterocycles. The summed E-state index contributed by atoms with van der Waals surface area (Å²) in [5, 5.41) is 21.1. The third-order valence-electron chi connectivity index (χ3n) is 8.37. The Hall–Kier alpha value is -6.96. The molecule has 8 aromatic rings. The van der Waals surface area contributed by atoms with E-state index in [4.69, 9.17) is 15.0 Å². The third-order valence-corrected chi connectivity index (χ3v) is 8.37. The molecule has 0 fully saturated rings. The minimum atomic E-state index is -0.325. The number of benzene rings is 6. The van der Waals surface area contributed by atoms with Gasteiger partial charge in [0.2, 0.25) is 0 Å². The fourth-order valence-electron chi connectivity index (χ4n) is 6.09. The molecule has 0 spiro atoms. The number of rotatable bonds is 5. The van der Waals surface area contributed by atoms with Crippen LogP contribution < -0.4 is 0 Å². The first kappa shape index (κ1) is 28.5. The maximum absolute atomic E-state index is 14.1. The SMILES string of the molecule is N#Cc1ccc2c(c1)c1cc(C#N)ccc1n2-c1cc(-c2nc(-c3ccccc3)nc(-c3ccccc3)n2)ccc1-c1ccc(F)cc1. The van der Waals surface area contributed by atoms with Crippen molar-refractivity contribution < 1.29 is 4.39 Å². The summed E-state index contributed by atoms with van der Waals surface area (Å²) in [4.78, 5) is 14.7. The first-order chi connectivity index (χ1) is 23.6. The maximum atomic E-state index is 14.1. The fourth-order valence-corrected chi connectivity index (χ4v) is 6.09. The zero-order chi connectivity index (χ0) is 32.6. The zero-order valence-electron chi connectivity index (χ0n) is 25.3. The second-order valence-corrected chi connectivity index (χ2v) is 11.3. The largest absolute Gasteiger partial charge is 0.309 e. The van der Waals surface area contributed by atoms with Crippen LogP contribution in [0.5, 0.6) is 0 Å². The molecule has 6 aromatic carbocycles. The Morgan fingerprint density at radius 3 is 1.46 bits per heavy atom. The van der Waals surface area contributed by atoms with E-state index in [0.717, 1.165) is 55.3 Å². The molecular formula is C41H23FN6. The van der Waals surface area contributed by atoms with Gasteiger partial charge in [0, 0.05) is 33.0 Å². The lowest BCUT2D eigenvalue weighted by molar-refractivity contribution is 0.628. The van der Waals surface area contributed by atoms with E-state index in [-0.39, 0.29) is 5.82 Å². The van der Waals surface area contributed by atoms with Crippen molar-refractivity contribution in [1.29, 1.82) is 10.5 Å². The molecule has 0 amide bonds. The fraction of sp³-hybridized carbons (Fsp3) is 0. The van der Waals surface area contributed by atoms with Crippen molar-refractivity contribution in [2.24, 2.45) is 0 Å². The predicted molar refractivity (Wildman–Crippen MR) is 185 cm³/mol. The molecule has 0 aliphatic heterocycles. The van der Waals surface area contributed by atoms with Gasteiger partial charge in [-0.25, -0.2) is 19.3 Å². The van der Waals surface area contributed by atoms with E-state index in [9.17, 15) is 14.9 Å². The summed E-state index contributed by atoms with van der Waals surface area (Å²) in [6, 6.07) is 47.6. The van der Waals surface area contributed by atoms with Crippen molar-refractivity contribution in [2.75, 3.05) is 0 Å². The summed E-state index contributed by atoms with van der Waals surface area (Å²) in [6.45, 7) is 0. The Morgan fingerprint density at radius 1 is 0.479 bits per heavy atom. The van der Waals surface area contributed by atoms with E-state index >= 15 is 0 Å². The number of hydrogen-bond acceptors (Lipinski definition) is 5. The molecule has 0 unspecified atom stereocenters. The van der Waals surface area contributed by atoms with Gasteiger partial charge in [0.1, 0.15) is 5.82 Å². The van der Waals surface area contributed by atoms with Gasteiger partial charge < -0.3 is 4.57 Å². The van der Waals surface area contributed by atoms with Crippen LogP contribution in [0, 0.1) is 28.5 Å². The highest BCUT2D eigenvalue weighted by molar-refractivity contribution is 6.10. The van der Waals surface area contributed by atoms with Crippen molar-refractivity contribution in [1.82, 2.24) is 19.5 Å². The van der Waals surface area contributed by atoms with Crippen molar-refractivity contribution in [2.45, 2.75) is 0 Å². The molecule has 0 N–H and O–H groups in total. The smallest absolute Gasteiger partial charge is 0.164 e. The molecule has 0 aliphatic carbocycles. The van der Waals surface area contributed by atoms with Crippen LogP contribution in [0.4, 0.5) is 4.39 Å². The van der Waals surface area contributed by atoms with Crippen LogP contribution in [-0.2, 0) is 0 Å². The summed E-state index contributed by atoms with van der Waals surface area (Å²) < 4.78 is 16.2. The molecular weight excluding hydrogens is 595 g/mol. The Kier molecular flexibility index (Phi) is 6.98. The molecule has 0 atom stereocenters. The highest BCUT2D eigenvalue weighted by Crippen LogP contribution is 2.39. The Balaban J connectivity index is 1.43. The first-order valence-electron chi connectivity index (χ1n) is 15.3. The second-order valence-electron chi connectivity index (χ2n) is 11.3. The molecule has 7 heteroatoms. The maximum Gasteiger partial charge on any atom is 0.164 e. The topological polar surface area (TPSA) is 91.2 Å². The molecule has 48 heavy (non-hydrogen) atoms. The van der Waals surface area contributed by atoms with Gasteiger partial charge in [-0.1, -0.05) is 84.9 Å². The molecule has 0 radical (unpaired) electrons. The summed E-state index contributed by atoms with van der Waals surface area (Å²) >= 11 is 0. The number of halogens is 1. The lowest BCUT2D eigenvalue weighted by atomic mass is 10.0. The highest BCUT2D eigenvalue weighted by Gasteiger charge is 2.20. The van der Waals surface area contributed by atoms with Gasteiger partial charge in [-0.05, 0) is 60.2 Å². The lowest BCUT2D eigenvalue weighted by Crippen LogP contribution is -2.02.